The van der Waals surface area contributed by atoms with Crippen LogP contribution in [0, 0.1) is 0 Å². The van der Waals surface area contributed by atoms with Gasteiger partial charge in [-0.2, -0.15) is 11.3 Å². The number of thioether (sulfide) groups is 1. The maximum Gasteiger partial charge on any atom is 0.254 e. The van der Waals surface area contributed by atoms with Gasteiger partial charge in [0.15, 0.2) is 0 Å². The lowest BCUT2D eigenvalue weighted by Gasteiger charge is -2.22. The minimum Gasteiger partial charge on any atom is -0.331 e. The predicted octanol–water partition coefficient (Wildman–Crippen LogP) is 5.49. The van der Waals surface area contributed by atoms with Crippen molar-refractivity contribution in [1.29, 1.82) is 0 Å². The Hall–Kier alpha value is -2.57. The first-order valence-corrected chi connectivity index (χ1v) is 11.7. The van der Waals surface area contributed by atoms with Crippen LogP contribution >= 0.6 is 23.1 Å². The molecule has 0 bridgehead atoms. The number of thiophene rings is 1. The zero-order chi connectivity index (χ0) is 19.6. The number of carbonyl (C=O) groups excluding carboxylic acids is 1. The molecule has 1 fully saturated rings. The van der Waals surface area contributed by atoms with E-state index in [0.717, 1.165) is 40.4 Å². The van der Waals surface area contributed by atoms with Crippen LogP contribution in [-0.2, 0) is 12.3 Å². The van der Waals surface area contributed by atoms with Crippen LogP contribution in [-0.4, -0.2) is 26.2 Å². The summed E-state index contributed by atoms with van der Waals surface area (Å²) in [5.41, 5.74) is 4.01. The van der Waals surface area contributed by atoms with Crippen LogP contribution in [0.4, 0.5) is 0 Å². The number of carbonyl (C=O) groups is 1. The first-order valence-electron chi connectivity index (χ1n) is 9.74. The molecule has 1 amide bonds. The highest BCUT2D eigenvalue weighted by Crippen LogP contribution is 2.31. The van der Waals surface area contributed by atoms with Gasteiger partial charge >= 0.3 is 0 Å². The van der Waals surface area contributed by atoms with Gasteiger partial charge in [0, 0.05) is 41.2 Å². The van der Waals surface area contributed by atoms with Crippen molar-refractivity contribution >= 4 is 34.7 Å². The minimum absolute atomic E-state index is 0.135. The van der Waals surface area contributed by atoms with Crippen molar-refractivity contribution < 1.29 is 4.79 Å². The molecule has 4 aromatic rings. The molecule has 3 aromatic heterocycles. The SMILES string of the molecule is O=C(c1ccc(SCc2cn3ccccc3n2)cc1)N(Cc1ccsc1)C1CC1. The molecular weight excluding hydrogens is 398 g/mol. The summed E-state index contributed by atoms with van der Waals surface area (Å²) in [6.07, 6.45) is 6.31. The Balaban J connectivity index is 1.24. The number of imidazole rings is 1. The highest BCUT2D eigenvalue weighted by Gasteiger charge is 2.33. The summed E-state index contributed by atoms with van der Waals surface area (Å²) in [5, 5.41) is 4.20. The number of benzene rings is 1. The third kappa shape index (κ3) is 4.23. The summed E-state index contributed by atoms with van der Waals surface area (Å²) in [6.45, 7) is 0.706. The zero-order valence-corrected chi connectivity index (χ0v) is 17.5. The Morgan fingerprint density at radius 3 is 2.76 bits per heavy atom. The Bertz CT molecular complexity index is 1080. The molecule has 4 nitrogen and oxygen atoms in total. The van der Waals surface area contributed by atoms with Gasteiger partial charge in [-0.1, -0.05) is 6.07 Å². The Kier molecular flexibility index (Phi) is 5.12. The Morgan fingerprint density at radius 2 is 2.03 bits per heavy atom. The van der Waals surface area contributed by atoms with Crippen molar-refractivity contribution in [3.05, 3.63) is 88.5 Å². The maximum atomic E-state index is 13.1. The van der Waals surface area contributed by atoms with E-state index in [4.69, 9.17) is 0 Å². The summed E-state index contributed by atoms with van der Waals surface area (Å²) in [4.78, 5) is 20.9. The molecule has 146 valence electrons. The molecule has 0 unspecified atom stereocenters. The molecule has 0 aliphatic heterocycles. The summed E-state index contributed by atoms with van der Waals surface area (Å²) in [6, 6.07) is 16.5. The lowest BCUT2D eigenvalue weighted by molar-refractivity contribution is 0.0730. The van der Waals surface area contributed by atoms with Crippen molar-refractivity contribution in [2.75, 3.05) is 0 Å². The number of aromatic nitrogens is 2. The Labute approximate surface area is 178 Å². The first kappa shape index (κ1) is 18.5. The van der Waals surface area contributed by atoms with E-state index in [1.807, 2.05) is 58.0 Å². The number of hydrogen-bond donors (Lipinski definition) is 0. The fourth-order valence-corrected chi connectivity index (χ4v) is 4.85. The summed E-state index contributed by atoms with van der Waals surface area (Å²) in [7, 11) is 0. The number of fused-ring (bicyclic) bond motifs is 1. The van der Waals surface area contributed by atoms with Gasteiger partial charge in [0.05, 0.1) is 5.69 Å². The van der Waals surface area contributed by atoms with Crippen LogP contribution in [0.5, 0.6) is 0 Å². The van der Waals surface area contributed by atoms with Gasteiger partial charge < -0.3 is 9.30 Å². The number of rotatable bonds is 7. The highest BCUT2D eigenvalue weighted by molar-refractivity contribution is 7.98. The molecule has 0 atom stereocenters. The lowest BCUT2D eigenvalue weighted by atomic mass is 10.2. The number of amides is 1. The Morgan fingerprint density at radius 1 is 1.17 bits per heavy atom. The minimum atomic E-state index is 0.135. The molecule has 5 rings (SSSR count). The third-order valence-electron chi connectivity index (χ3n) is 5.08. The van der Waals surface area contributed by atoms with Gasteiger partial charge in [-0.3, -0.25) is 4.79 Å². The van der Waals surface area contributed by atoms with Crippen LogP contribution in [0.25, 0.3) is 5.65 Å². The van der Waals surface area contributed by atoms with Crippen LogP contribution in [0.3, 0.4) is 0 Å². The van der Waals surface area contributed by atoms with E-state index >= 15 is 0 Å². The highest BCUT2D eigenvalue weighted by atomic mass is 32.2. The average molecular weight is 420 g/mol. The molecule has 6 heteroatoms. The van der Waals surface area contributed by atoms with Crippen LogP contribution in [0.15, 0.2) is 76.6 Å². The number of pyridine rings is 1. The quantitative estimate of drug-likeness (QED) is 0.372. The monoisotopic (exact) mass is 419 g/mol. The molecular formula is C23H21N3OS2. The molecule has 0 N–H and O–H groups in total. The zero-order valence-electron chi connectivity index (χ0n) is 15.9. The summed E-state index contributed by atoms with van der Waals surface area (Å²) >= 11 is 3.42. The molecule has 1 aromatic carbocycles. The topological polar surface area (TPSA) is 37.6 Å². The second kappa shape index (κ2) is 8.05. The van der Waals surface area contributed by atoms with Gasteiger partial charge in [-0.15, -0.1) is 11.8 Å². The van der Waals surface area contributed by atoms with Crippen molar-refractivity contribution in [2.24, 2.45) is 0 Å². The first-order chi connectivity index (χ1) is 14.3. The van der Waals surface area contributed by atoms with Gasteiger partial charge in [-0.25, -0.2) is 4.98 Å². The largest absolute Gasteiger partial charge is 0.331 e. The normalized spacial score (nSPS) is 13.7. The third-order valence-corrected chi connectivity index (χ3v) is 6.86. The van der Waals surface area contributed by atoms with E-state index in [9.17, 15) is 4.79 Å². The number of hydrogen-bond acceptors (Lipinski definition) is 4. The average Bonchev–Trinajstić information content (AvgIpc) is 3.30. The van der Waals surface area contributed by atoms with E-state index in [0.29, 0.717) is 12.6 Å². The molecule has 0 radical (unpaired) electrons. The van der Waals surface area contributed by atoms with E-state index in [1.165, 1.54) is 5.56 Å². The number of nitrogens with zero attached hydrogens (tertiary/aromatic N) is 3. The molecule has 29 heavy (non-hydrogen) atoms. The van der Waals surface area contributed by atoms with Gasteiger partial charge in [0.25, 0.3) is 5.91 Å². The summed E-state index contributed by atoms with van der Waals surface area (Å²) in [5.74, 6) is 0.942. The standard InChI is InChI=1S/C23H21N3OS2/c27-23(26(20-6-7-20)13-17-10-12-28-15-17)18-4-8-21(9-5-18)29-16-19-14-25-11-2-1-3-22(25)24-19/h1-5,8-12,14-15,20H,6-7,13,16H2. The fraction of sp³-hybridized carbons (Fsp3) is 0.217. The van der Waals surface area contributed by atoms with Crippen molar-refractivity contribution in [1.82, 2.24) is 14.3 Å². The smallest absolute Gasteiger partial charge is 0.254 e. The van der Waals surface area contributed by atoms with E-state index in [2.05, 4.69) is 28.0 Å². The van der Waals surface area contributed by atoms with Crippen LogP contribution in [0.2, 0.25) is 0 Å². The predicted molar refractivity (Wildman–Crippen MR) is 118 cm³/mol. The van der Waals surface area contributed by atoms with Crippen LogP contribution < -0.4 is 0 Å². The molecule has 1 saturated carbocycles. The van der Waals surface area contributed by atoms with Crippen molar-refractivity contribution in [2.45, 2.75) is 36.1 Å². The van der Waals surface area contributed by atoms with Gasteiger partial charge in [0.1, 0.15) is 5.65 Å². The molecule has 0 spiro atoms. The molecule has 0 saturated heterocycles. The maximum absolute atomic E-state index is 13.1. The van der Waals surface area contributed by atoms with Crippen LogP contribution in [0.1, 0.15) is 34.5 Å². The van der Waals surface area contributed by atoms with Gasteiger partial charge in [0.2, 0.25) is 0 Å². The van der Waals surface area contributed by atoms with E-state index < -0.39 is 0 Å². The van der Waals surface area contributed by atoms with Crippen molar-refractivity contribution in [3.63, 3.8) is 0 Å². The van der Waals surface area contributed by atoms with E-state index in [1.54, 1.807) is 23.1 Å². The molecule has 1 aliphatic carbocycles. The fourth-order valence-electron chi connectivity index (χ4n) is 3.41. The summed E-state index contributed by atoms with van der Waals surface area (Å²) < 4.78 is 2.04. The lowest BCUT2D eigenvalue weighted by Crippen LogP contribution is -2.32. The molecule has 1 aliphatic rings. The van der Waals surface area contributed by atoms with E-state index in [-0.39, 0.29) is 5.91 Å². The van der Waals surface area contributed by atoms with Gasteiger partial charge in [-0.05, 0) is 71.6 Å². The molecule has 3 heterocycles. The van der Waals surface area contributed by atoms with Crippen molar-refractivity contribution in [3.8, 4) is 0 Å². The second-order valence-corrected chi connectivity index (χ2v) is 9.14. The second-order valence-electron chi connectivity index (χ2n) is 7.31.